The van der Waals surface area contributed by atoms with Crippen molar-refractivity contribution >= 4 is 32.7 Å². The molecule has 3 heterocycles. The molecule has 4 aromatic rings. The zero-order chi connectivity index (χ0) is 28.2. The topological polar surface area (TPSA) is 98.6 Å². The number of amides is 1. The first kappa shape index (κ1) is 27.6. The van der Waals surface area contributed by atoms with E-state index in [0.29, 0.717) is 52.4 Å². The molecule has 0 aliphatic carbocycles. The van der Waals surface area contributed by atoms with Crippen LogP contribution in [0.25, 0.3) is 10.3 Å². The van der Waals surface area contributed by atoms with Crippen LogP contribution in [-0.2, 0) is 17.9 Å². The second-order valence-corrected chi connectivity index (χ2v) is 11.2. The van der Waals surface area contributed by atoms with E-state index in [2.05, 4.69) is 5.32 Å². The Morgan fingerprint density at radius 2 is 1.90 bits per heavy atom. The lowest BCUT2D eigenvalue weighted by Gasteiger charge is -2.34. The minimum Gasteiger partial charge on any atom is -0.497 e. The van der Waals surface area contributed by atoms with Crippen LogP contribution in [0.15, 0.2) is 53.3 Å². The first-order chi connectivity index (χ1) is 19.4. The van der Waals surface area contributed by atoms with Crippen molar-refractivity contribution < 1.29 is 14.3 Å². The third-order valence-electron chi connectivity index (χ3n) is 7.24. The molecule has 1 atom stereocenters. The van der Waals surface area contributed by atoms with Gasteiger partial charge in [0, 0.05) is 30.6 Å². The number of thiazole rings is 1. The second kappa shape index (κ2) is 12.1. The molecule has 1 saturated heterocycles. The molecule has 0 bridgehead atoms. The molecule has 40 heavy (non-hydrogen) atoms. The van der Waals surface area contributed by atoms with Crippen LogP contribution in [0.2, 0.25) is 0 Å². The van der Waals surface area contributed by atoms with Gasteiger partial charge in [-0.05, 0) is 37.0 Å². The van der Waals surface area contributed by atoms with E-state index in [9.17, 15) is 9.59 Å². The van der Waals surface area contributed by atoms with Crippen molar-refractivity contribution in [2.75, 3.05) is 25.7 Å². The number of benzene rings is 2. The van der Waals surface area contributed by atoms with Gasteiger partial charge in [-0.3, -0.25) is 14.2 Å². The molecule has 1 aliphatic heterocycles. The number of piperidine rings is 1. The van der Waals surface area contributed by atoms with E-state index >= 15 is 0 Å². The maximum Gasteiger partial charge on any atom is 0.281 e. The van der Waals surface area contributed by atoms with Crippen LogP contribution in [0.4, 0.5) is 5.13 Å². The number of aromatic nitrogens is 3. The molecule has 1 fully saturated rings. The summed E-state index contributed by atoms with van der Waals surface area (Å²) in [7, 11) is 3.21. The molecular formula is C30H35N5O4S. The first-order valence-electron chi connectivity index (χ1n) is 13.6. The average Bonchev–Trinajstić information content (AvgIpc) is 3.42. The van der Waals surface area contributed by atoms with Gasteiger partial charge in [0.05, 0.1) is 20.8 Å². The molecule has 2 aromatic heterocycles. The highest BCUT2D eigenvalue weighted by Gasteiger charge is 2.31. The Morgan fingerprint density at radius 1 is 1.10 bits per heavy atom. The largest absolute Gasteiger partial charge is 0.497 e. The van der Waals surface area contributed by atoms with Gasteiger partial charge < -0.3 is 19.7 Å². The van der Waals surface area contributed by atoms with Gasteiger partial charge in [-0.15, -0.1) is 0 Å². The standard InChI is InChI=1S/C30H35N5O4S/c1-19(2)26-33-28-25(29(37)35(26)18-21-13-14-22(38-3)16-24(21)39-4)32-30(40-28)34-15-9-8-12-23(34)27(36)31-17-20-10-6-5-7-11-20/h5-7,10-11,13-14,16,19,23H,8-9,12,15,17-18H2,1-4H3,(H,31,36). The van der Waals surface area contributed by atoms with Crippen LogP contribution in [-0.4, -0.2) is 47.2 Å². The monoisotopic (exact) mass is 561 g/mol. The Labute approximate surface area is 237 Å². The van der Waals surface area contributed by atoms with Gasteiger partial charge in [0.2, 0.25) is 5.91 Å². The number of carbonyl (C=O) groups excluding carboxylic acids is 1. The van der Waals surface area contributed by atoms with Gasteiger partial charge in [-0.25, -0.2) is 9.97 Å². The Morgan fingerprint density at radius 3 is 2.62 bits per heavy atom. The summed E-state index contributed by atoms with van der Waals surface area (Å²) in [6.07, 6.45) is 2.67. The van der Waals surface area contributed by atoms with Crippen LogP contribution in [0.5, 0.6) is 11.5 Å². The maximum atomic E-state index is 13.9. The van der Waals surface area contributed by atoms with Crippen LogP contribution in [0.1, 0.15) is 56.0 Å². The van der Waals surface area contributed by atoms with E-state index < -0.39 is 0 Å². The third kappa shape index (κ3) is 5.67. The van der Waals surface area contributed by atoms with Crippen LogP contribution >= 0.6 is 11.3 Å². The van der Waals surface area contributed by atoms with E-state index in [1.54, 1.807) is 18.8 Å². The number of ether oxygens (including phenoxy) is 2. The third-order valence-corrected chi connectivity index (χ3v) is 8.22. The van der Waals surface area contributed by atoms with Crippen molar-refractivity contribution in [3.63, 3.8) is 0 Å². The first-order valence-corrected chi connectivity index (χ1v) is 14.4. The van der Waals surface area contributed by atoms with Gasteiger partial charge in [0.1, 0.15) is 23.4 Å². The number of methoxy groups -OCH3 is 2. The molecule has 0 saturated carbocycles. The highest BCUT2D eigenvalue weighted by atomic mass is 32.1. The van der Waals surface area contributed by atoms with Crippen molar-refractivity contribution in [3.8, 4) is 11.5 Å². The molecule has 1 amide bonds. The summed E-state index contributed by atoms with van der Waals surface area (Å²) < 4.78 is 12.6. The Kier molecular flexibility index (Phi) is 8.35. The maximum absolute atomic E-state index is 13.9. The zero-order valence-electron chi connectivity index (χ0n) is 23.3. The SMILES string of the molecule is COc1ccc(Cn2c(C(C)C)nc3sc(N4CCCCC4C(=O)NCc4ccccc4)nc3c2=O)c(OC)c1. The van der Waals surface area contributed by atoms with E-state index in [0.717, 1.165) is 30.4 Å². The number of carbonyl (C=O) groups is 1. The molecule has 2 aromatic carbocycles. The van der Waals surface area contributed by atoms with Gasteiger partial charge in [0.15, 0.2) is 15.5 Å². The Balaban J connectivity index is 1.47. The van der Waals surface area contributed by atoms with Crippen molar-refractivity contribution in [3.05, 3.63) is 75.8 Å². The molecule has 1 unspecified atom stereocenters. The quantitative estimate of drug-likeness (QED) is 0.316. The highest BCUT2D eigenvalue weighted by molar-refractivity contribution is 7.21. The number of nitrogens with zero attached hydrogens (tertiary/aromatic N) is 4. The van der Waals surface area contributed by atoms with Crippen molar-refractivity contribution in [2.24, 2.45) is 0 Å². The second-order valence-electron chi connectivity index (χ2n) is 10.3. The molecule has 5 rings (SSSR count). The average molecular weight is 562 g/mol. The molecular weight excluding hydrogens is 526 g/mol. The molecule has 1 N–H and O–H groups in total. The van der Waals surface area contributed by atoms with E-state index in [1.165, 1.54) is 11.3 Å². The minimum atomic E-state index is -0.339. The predicted molar refractivity (Wildman–Crippen MR) is 158 cm³/mol. The van der Waals surface area contributed by atoms with Gasteiger partial charge in [-0.1, -0.05) is 55.5 Å². The summed E-state index contributed by atoms with van der Waals surface area (Å²) in [6, 6.07) is 15.1. The number of nitrogens with one attached hydrogen (secondary N) is 1. The fourth-order valence-corrected chi connectivity index (χ4v) is 6.13. The summed E-state index contributed by atoms with van der Waals surface area (Å²) in [6.45, 7) is 5.52. The summed E-state index contributed by atoms with van der Waals surface area (Å²) in [5.41, 5.74) is 2.02. The lowest BCUT2D eigenvalue weighted by atomic mass is 10.0. The predicted octanol–water partition coefficient (Wildman–Crippen LogP) is 4.72. The van der Waals surface area contributed by atoms with Gasteiger partial charge >= 0.3 is 0 Å². The Bertz CT molecular complexity index is 1550. The normalized spacial score (nSPS) is 15.4. The zero-order valence-corrected chi connectivity index (χ0v) is 24.2. The number of rotatable bonds is 9. The number of hydrogen-bond acceptors (Lipinski definition) is 8. The van der Waals surface area contributed by atoms with Crippen molar-refractivity contribution in [1.82, 2.24) is 19.9 Å². The van der Waals surface area contributed by atoms with Crippen molar-refractivity contribution in [1.29, 1.82) is 0 Å². The fourth-order valence-electron chi connectivity index (χ4n) is 5.12. The summed E-state index contributed by atoms with van der Waals surface area (Å²) in [4.78, 5) is 39.4. The summed E-state index contributed by atoms with van der Waals surface area (Å²) in [5, 5.41) is 3.75. The minimum absolute atomic E-state index is 0.0124. The van der Waals surface area contributed by atoms with Crippen LogP contribution in [0, 0.1) is 0 Å². The molecule has 210 valence electrons. The molecule has 0 spiro atoms. The molecule has 9 nitrogen and oxygen atoms in total. The summed E-state index contributed by atoms with van der Waals surface area (Å²) >= 11 is 1.38. The van der Waals surface area contributed by atoms with E-state index in [-0.39, 0.29) is 23.4 Å². The molecule has 10 heteroatoms. The van der Waals surface area contributed by atoms with Crippen LogP contribution in [0.3, 0.4) is 0 Å². The highest BCUT2D eigenvalue weighted by Crippen LogP contribution is 2.32. The lowest BCUT2D eigenvalue weighted by molar-refractivity contribution is -0.123. The van der Waals surface area contributed by atoms with Gasteiger partial charge in [-0.2, -0.15) is 0 Å². The number of hydrogen-bond donors (Lipinski definition) is 1. The van der Waals surface area contributed by atoms with Crippen molar-refractivity contribution in [2.45, 2.75) is 58.2 Å². The smallest absolute Gasteiger partial charge is 0.281 e. The summed E-state index contributed by atoms with van der Waals surface area (Å²) in [5.74, 6) is 1.98. The van der Waals surface area contributed by atoms with E-state index in [1.807, 2.05) is 67.3 Å². The van der Waals surface area contributed by atoms with Gasteiger partial charge in [0.25, 0.3) is 5.56 Å². The number of anilines is 1. The molecule has 0 radical (unpaired) electrons. The van der Waals surface area contributed by atoms with Crippen LogP contribution < -0.4 is 25.2 Å². The van der Waals surface area contributed by atoms with E-state index in [4.69, 9.17) is 19.4 Å². The Hall–Kier alpha value is -3.92. The fraction of sp³-hybridized carbons (Fsp3) is 0.400. The lowest BCUT2D eigenvalue weighted by Crippen LogP contribution is -2.49. The molecule has 1 aliphatic rings. The number of fused-ring (bicyclic) bond motifs is 1.